The highest BCUT2D eigenvalue weighted by Gasteiger charge is 2.26. The molecule has 16 rings (SSSR count). The van der Waals surface area contributed by atoms with Gasteiger partial charge in [0.1, 0.15) is 40.5 Å². The van der Waals surface area contributed by atoms with E-state index in [9.17, 15) is 33.6 Å². The van der Waals surface area contributed by atoms with Crippen molar-refractivity contribution in [1.29, 1.82) is 0 Å². The Morgan fingerprint density at radius 2 is 0.566 bits per heavy atom. The molecule has 7 amide bonds. The lowest BCUT2D eigenvalue weighted by Gasteiger charge is -2.35. The molecule has 145 heavy (non-hydrogen) atoms. The number of anilines is 24. The lowest BCUT2D eigenvalue weighted by Crippen LogP contribution is -2.48. The van der Waals surface area contributed by atoms with Gasteiger partial charge in [0.25, 0.3) is 0 Å². The fourth-order valence-electron chi connectivity index (χ4n) is 15.6. The van der Waals surface area contributed by atoms with Crippen LogP contribution in [0.15, 0.2) is 245 Å². The van der Waals surface area contributed by atoms with Crippen LogP contribution < -0.4 is 97.6 Å². The minimum atomic E-state index is -2.67. The van der Waals surface area contributed by atoms with Crippen molar-refractivity contribution >= 4 is 191 Å². The third kappa shape index (κ3) is 29.8. The number of benzene rings is 8. The summed E-state index contributed by atoms with van der Waals surface area (Å²) in [4.78, 5) is 134. The van der Waals surface area contributed by atoms with E-state index in [0.717, 1.165) is 132 Å². The van der Waals surface area contributed by atoms with Crippen LogP contribution in [0.1, 0.15) is 47.1 Å². The van der Waals surface area contributed by atoms with Gasteiger partial charge in [-0.2, -0.15) is 19.9 Å². The van der Waals surface area contributed by atoms with Crippen molar-refractivity contribution in [3.05, 3.63) is 273 Å². The molecule has 12 N–H and O–H groups in total. The Kier molecular flexibility index (Phi) is 35.1. The van der Waals surface area contributed by atoms with Crippen LogP contribution in [0.25, 0.3) is 0 Å². The van der Waals surface area contributed by atoms with Gasteiger partial charge in [0, 0.05) is 259 Å². The molecule has 752 valence electrons. The van der Waals surface area contributed by atoms with E-state index in [1.54, 1.807) is 107 Å². The Morgan fingerprint density at radius 1 is 0.324 bits per heavy atom. The molecular weight excluding hydrogens is 1860 g/mol. The van der Waals surface area contributed by atoms with Gasteiger partial charge in [-0.15, -0.1) is 0 Å². The van der Waals surface area contributed by atoms with Gasteiger partial charge in [0.05, 0.1) is 53.1 Å². The van der Waals surface area contributed by atoms with Gasteiger partial charge < -0.3 is 117 Å². The van der Waals surface area contributed by atoms with Crippen LogP contribution >= 0.6 is 11.6 Å². The summed E-state index contributed by atoms with van der Waals surface area (Å²) in [6, 6.07) is 52.3. The zero-order valence-corrected chi connectivity index (χ0v) is 83.3. The highest BCUT2D eigenvalue weighted by Crippen LogP contribution is 2.39. The van der Waals surface area contributed by atoms with E-state index >= 15 is 0 Å². The number of nitrogens with zero attached hydrogens (tertiary/aromatic N) is 16. The van der Waals surface area contributed by atoms with Crippen molar-refractivity contribution in [1.82, 2.24) is 59.5 Å². The molecule has 0 unspecified atom stereocenters. The summed E-state index contributed by atoms with van der Waals surface area (Å²) in [5, 5.41) is 37.4. The predicted molar refractivity (Wildman–Crippen MR) is 578 cm³/mol. The van der Waals surface area contributed by atoms with Crippen molar-refractivity contribution in [3.8, 4) is 17.2 Å². The average Bonchev–Trinajstić information content (AvgIpc) is 0.781. The highest BCUT2D eigenvalue weighted by atomic mass is 35.5. The number of nitrogens with one attached hydrogen (secondary N) is 12. The summed E-state index contributed by atoms with van der Waals surface area (Å²) in [5.41, 5.74) is 15.4. The van der Waals surface area contributed by atoms with Gasteiger partial charge >= 0.3 is 0 Å². The van der Waals surface area contributed by atoms with E-state index in [1.165, 1.54) is 24.3 Å². The van der Waals surface area contributed by atoms with Crippen LogP contribution in [-0.2, 0) is 33.6 Å². The third-order valence-electron chi connectivity index (χ3n) is 23.7. The Bertz CT molecular complexity index is 6810. The minimum Gasteiger partial charge on any atom is -0.494 e. The molecule has 4 fully saturated rings. The first-order chi connectivity index (χ1) is 71.1. The number of methoxy groups -OCH3 is 3. The standard InChI is InChI=1S/2C27H31N7O3.C26H28ClN7O2.C26H31N7O2/c2*1-5-25(36)29-20-7-6-8-21(15-20)30-26-18(2)17-28-27(32-26)31-23-10-9-22(16-24(23)37-4)34-13-11-33(12-14-34)19(3)35;1-4-24(36)29-19-6-5-7-20(14-19)30-25-17(2)16-28-26(32-25)31-23-9-8-21(15-22(23)27)34-12-10-33(11-13-34)18(3)35;1-5-24(34)28-19-7-6-8-20(15-19)29-25-18(2)17-27-26(31-25)30-22-10-9-21(16-23(22)35-4)33-13-11-32(3)12-14-33/h2*5-10,15-17H,1,11-14H2,2-4H3,(H,29,36)(H2,28,30,31,32);4-9,14-16H,1,10-13H2,2-3H3,(H,29,36)(H2,28,30,31,32);5-10,15-17H,1,11-14H2,2-4H3,(H,28,34)(H2,27,29,30,31)/i4D3;;;. The lowest BCUT2D eigenvalue weighted by molar-refractivity contribution is -0.129. The quantitative estimate of drug-likeness (QED) is 0.0180. The maximum absolute atomic E-state index is 11.7. The topological polar surface area (TPSA) is 421 Å². The number of likely N-dealkylation sites (N-methyl/N-ethyl adjacent to an activating group) is 1. The Balaban J connectivity index is 0.000000165. The van der Waals surface area contributed by atoms with E-state index < -0.39 is 7.04 Å². The Morgan fingerprint density at radius 3 is 0.814 bits per heavy atom. The minimum absolute atomic E-state index is 0.0322. The number of carbonyl (C=O) groups is 7. The number of carbonyl (C=O) groups excluding carboxylic acids is 7. The molecule has 0 atom stereocenters. The summed E-state index contributed by atoms with van der Waals surface area (Å²) in [7, 11) is 2.76. The number of halogens is 1. The molecule has 8 heterocycles. The van der Waals surface area contributed by atoms with Crippen LogP contribution in [0.2, 0.25) is 5.02 Å². The van der Waals surface area contributed by atoms with E-state index in [2.05, 4.69) is 168 Å². The van der Waals surface area contributed by atoms with Gasteiger partial charge in [-0.05, 0) is 186 Å². The van der Waals surface area contributed by atoms with Crippen LogP contribution in [0.3, 0.4) is 0 Å². The molecule has 4 saturated heterocycles. The number of hydrogen-bond donors (Lipinski definition) is 12. The van der Waals surface area contributed by atoms with Crippen molar-refractivity contribution in [2.75, 3.05) is 216 Å². The average molecular weight is 1990 g/mol. The smallest absolute Gasteiger partial charge is 0.247 e. The maximum atomic E-state index is 11.7. The molecule has 4 aliphatic rings. The molecule has 39 heteroatoms. The molecule has 4 aromatic heterocycles. The number of hydrogen-bond acceptors (Lipinski definition) is 31. The molecule has 38 nitrogen and oxygen atoms in total. The van der Waals surface area contributed by atoms with Crippen LogP contribution in [0.5, 0.6) is 17.2 Å². The first-order valence-electron chi connectivity index (χ1n) is 48.2. The molecule has 0 bridgehead atoms. The summed E-state index contributed by atoms with van der Waals surface area (Å²) < 4.78 is 39.6. The van der Waals surface area contributed by atoms with Crippen LogP contribution in [-0.4, -0.2) is 234 Å². The Hall–Kier alpha value is -17.4. The molecule has 0 saturated carbocycles. The molecule has 8 aromatic carbocycles. The monoisotopic (exact) mass is 1980 g/mol. The van der Waals surface area contributed by atoms with Crippen LogP contribution in [0.4, 0.5) is 138 Å². The SMILES string of the molecule is C=CC(=O)Nc1cccc(Nc2nc(Nc3ccc(N4CCN(C(C)=O)CC4)cc3Cl)ncc2C)c1.C=CC(=O)Nc1cccc(Nc2nc(Nc3ccc(N4CCN(C(C)=O)CC4)cc3OC)ncc2C)c1.C=CC(=O)Nc1cccc(Nc2nc(Nc3ccc(N4CCN(C)CC4)cc3OC)ncc2C)c1.[2H]C([2H])([2H])Oc1cc(N2CCN(C(C)=O)CC2)ccc1Nc1ncc(C)c(Nc2cccc(NC(=O)C=C)c2)n1. The van der Waals surface area contributed by atoms with Crippen molar-refractivity contribution in [2.45, 2.75) is 48.5 Å². The maximum Gasteiger partial charge on any atom is 0.247 e. The van der Waals surface area contributed by atoms with E-state index in [0.29, 0.717) is 144 Å². The normalized spacial score (nSPS) is 13.6. The molecular formula is C106H121ClN28O10. The van der Waals surface area contributed by atoms with Gasteiger partial charge in [0.2, 0.25) is 65.1 Å². The molecule has 0 spiro atoms. The van der Waals surface area contributed by atoms with Gasteiger partial charge in [-0.25, -0.2) is 19.9 Å². The van der Waals surface area contributed by atoms with Crippen molar-refractivity contribution < 1.29 is 51.9 Å². The zero-order valence-electron chi connectivity index (χ0n) is 85.5. The number of amides is 7. The number of rotatable bonds is 31. The fourth-order valence-corrected chi connectivity index (χ4v) is 15.8. The molecule has 12 aromatic rings. The second kappa shape index (κ2) is 50.6. The van der Waals surface area contributed by atoms with E-state index in [-0.39, 0.29) is 53.0 Å². The largest absolute Gasteiger partial charge is 0.494 e. The fraction of sp³-hybridized carbons (Fsp3) is 0.255. The Labute approximate surface area is 852 Å². The van der Waals surface area contributed by atoms with E-state index in [4.69, 9.17) is 29.9 Å². The van der Waals surface area contributed by atoms with Gasteiger partial charge in [-0.1, -0.05) is 62.2 Å². The summed E-state index contributed by atoms with van der Waals surface area (Å²) >= 11 is 6.58. The first kappa shape index (κ1) is 101. The first-order valence-corrected chi connectivity index (χ1v) is 47.1. The number of aromatic nitrogens is 8. The molecule has 4 aliphatic heterocycles. The number of ether oxygens (including phenoxy) is 3. The summed E-state index contributed by atoms with van der Waals surface area (Å²) in [6.45, 7) is 38.6. The third-order valence-corrected chi connectivity index (χ3v) is 24.0. The second-order valence-corrected chi connectivity index (χ2v) is 34.4. The van der Waals surface area contributed by atoms with Crippen molar-refractivity contribution in [2.24, 2.45) is 0 Å². The van der Waals surface area contributed by atoms with Gasteiger partial charge in [-0.3, -0.25) is 33.6 Å². The number of piperazine rings is 4. The second-order valence-electron chi connectivity index (χ2n) is 34.0. The van der Waals surface area contributed by atoms with Crippen molar-refractivity contribution in [3.63, 3.8) is 0 Å². The predicted octanol–water partition coefficient (Wildman–Crippen LogP) is 17.0. The van der Waals surface area contributed by atoms with Gasteiger partial charge in [0.15, 0.2) is 0 Å². The summed E-state index contributed by atoms with van der Waals surface area (Å²) in [6.07, 6.45) is 11.7. The molecule has 0 aliphatic carbocycles. The molecule has 0 radical (unpaired) electrons. The summed E-state index contributed by atoms with van der Waals surface area (Å²) in [5.74, 6) is 4.50. The highest BCUT2D eigenvalue weighted by molar-refractivity contribution is 6.33. The van der Waals surface area contributed by atoms with Crippen LogP contribution in [0, 0.1) is 27.7 Å². The zero-order chi connectivity index (χ0) is 106. The number of aryl methyl sites for hydroxylation is 4. The van der Waals surface area contributed by atoms with E-state index in [1.807, 2.05) is 159 Å². The lowest BCUT2D eigenvalue weighted by atomic mass is 10.2.